The number of esters is 1. The van der Waals surface area contributed by atoms with Crippen LogP contribution in [0.2, 0.25) is 0 Å². The molecule has 0 unspecified atom stereocenters. The molecule has 0 aliphatic carbocycles. The van der Waals surface area contributed by atoms with Crippen LogP contribution in [0.3, 0.4) is 0 Å². The lowest BCUT2D eigenvalue weighted by atomic mass is 10.1. The SMILES string of the molecule is CCOC(=O)c1c(NC(=O)/C(C#N)=C/c2ccc(OCc3cccc(C(=O)O)c3)cc2)sc(C)c1C. The van der Waals surface area contributed by atoms with Crippen LogP contribution in [0.25, 0.3) is 6.08 Å². The van der Waals surface area contributed by atoms with Gasteiger partial charge in [0.15, 0.2) is 0 Å². The van der Waals surface area contributed by atoms with Crippen LogP contribution in [0.4, 0.5) is 5.00 Å². The number of rotatable bonds is 9. The molecule has 3 aromatic rings. The van der Waals surface area contributed by atoms with E-state index in [4.69, 9.17) is 14.6 Å². The van der Waals surface area contributed by atoms with Crippen molar-refractivity contribution in [3.05, 3.63) is 86.8 Å². The molecule has 184 valence electrons. The zero-order chi connectivity index (χ0) is 26.2. The van der Waals surface area contributed by atoms with E-state index in [-0.39, 0.29) is 24.4 Å². The van der Waals surface area contributed by atoms with Crippen molar-refractivity contribution in [2.24, 2.45) is 0 Å². The van der Waals surface area contributed by atoms with Crippen molar-refractivity contribution in [1.82, 2.24) is 0 Å². The van der Waals surface area contributed by atoms with Crippen LogP contribution < -0.4 is 10.1 Å². The number of carboxylic acid groups (broad SMARTS) is 1. The average Bonchev–Trinajstić information content (AvgIpc) is 3.14. The van der Waals surface area contributed by atoms with Gasteiger partial charge in [-0.1, -0.05) is 24.3 Å². The van der Waals surface area contributed by atoms with Gasteiger partial charge in [0.2, 0.25) is 0 Å². The predicted molar refractivity (Wildman–Crippen MR) is 136 cm³/mol. The number of aromatic carboxylic acids is 1. The minimum atomic E-state index is -1.01. The van der Waals surface area contributed by atoms with E-state index in [0.717, 1.165) is 10.4 Å². The summed E-state index contributed by atoms with van der Waals surface area (Å²) in [5, 5.41) is 21.6. The minimum Gasteiger partial charge on any atom is -0.489 e. The summed E-state index contributed by atoms with van der Waals surface area (Å²) in [6, 6.07) is 15.1. The summed E-state index contributed by atoms with van der Waals surface area (Å²) in [5.74, 6) is -1.63. The van der Waals surface area contributed by atoms with Gasteiger partial charge in [0.1, 0.15) is 29.0 Å². The molecule has 36 heavy (non-hydrogen) atoms. The van der Waals surface area contributed by atoms with E-state index in [2.05, 4.69) is 5.32 Å². The number of carbonyl (C=O) groups excluding carboxylic acids is 2. The molecule has 1 aromatic heterocycles. The predicted octanol–water partition coefficient (Wildman–Crippen LogP) is 5.36. The molecule has 0 atom stereocenters. The van der Waals surface area contributed by atoms with Crippen molar-refractivity contribution in [3.8, 4) is 11.8 Å². The normalized spacial score (nSPS) is 10.9. The third kappa shape index (κ3) is 6.37. The first kappa shape index (κ1) is 26.2. The molecule has 8 nitrogen and oxygen atoms in total. The van der Waals surface area contributed by atoms with Crippen LogP contribution in [0.1, 0.15) is 49.2 Å². The van der Waals surface area contributed by atoms with Gasteiger partial charge in [-0.25, -0.2) is 9.59 Å². The van der Waals surface area contributed by atoms with E-state index >= 15 is 0 Å². The molecule has 3 rings (SSSR count). The van der Waals surface area contributed by atoms with Gasteiger partial charge in [-0.15, -0.1) is 11.3 Å². The summed E-state index contributed by atoms with van der Waals surface area (Å²) in [5.41, 5.74) is 2.38. The summed E-state index contributed by atoms with van der Waals surface area (Å²) in [4.78, 5) is 37.1. The zero-order valence-corrected chi connectivity index (χ0v) is 20.8. The van der Waals surface area contributed by atoms with E-state index in [9.17, 15) is 19.6 Å². The van der Waals surface area contributed by atoms with Gasteiger partial charge in [0.05, 0.1) is 17.7 Å². The third-order valence-electron chi connectivity index (χ3n) is 5.23. The van der Waals surface area contributed by atoms with Crippen LogP contribution in [0.5, 0.6) is 5.75 Å². The van der Waals surface area contributed by atoms with Crippen LogP contribution in [-0.2, 0) is 16.1 Å². The highest BCUT2D eigenvalue weighted by Crippen LogP contribution is 2.33. The number of nitriles is 1. The second-order valence-corrected chi connectivity index (χ2v) is 8.92. The number of carbonyl (C=O) groups is 3. The molecule has 1 amide bonds. The first-order chi connectivity index (χ1) is 17.2. The highest BCUT2D eigenvalue weighted by molar-refractivity contribution is 7.16. The van der Waals surface area contributed by atoms with Crippen LogP contribution >= 0.6 is 11.3 Å². The van der Waals surface area contributed by atoms with E-state index in [1.807, 2.05) is 13.0 Å². The number of aryl methyl sites for hydroxylation is 1. The Kier molecular flexibility index (Phi) is 8.60. The molecule has 2 aromatic carbocycles. The highest BCUT2D eigenvalue weighted by atomic mass is 32.1. The Balaban J connectivity index is 1.71. The smallest absolute Gasteiger partial charge is 0.341 e. The first-order valence-corrected chi connectivity index (χ1v) is 11.8. The second-order valence-electron chi connectivity index (χ2n) is 7.70. The van der Waals surface area contributed by atoms with Crippen LogP contribution in [0.15, 0.2) is 54.1 Å². The summed E-state index contributed by atoms with van der Waals surface area (Å²) in [6.45, 7) is 5.71. The fourth-order valence-corrected chi connectivity index (χ4v) is 4.31. The minimum absolute atomic E-state index is 0.132. The van der Waals surface area contributed by atoms with Gasteiger partial charge in [-0.2, -0.15) is 5.26 Å². The number of nitrogens with zero attached hydrogens (tertiary/aromatic N) is 1. The number of ether oxygens (including phenoxy) is 2. The van der Waals surface area contributed by atoms with Crippen molar-refractivity contribution >= 4 is 40.3 Å². The number of nitrogens with one attached hydrogen (secondary N) is 1. The molecule has 0 saturated carbocycles. The molecule has 0 fully saturated rings. The largest absolute Gasteiger partial charge is 0.489 e. The number of carboxylic acids is 1. The average molecular weight is 505 g/mol. The van der Waals surface area contributed by atoms with Gasteiger partial charge in [0.25, 0.3) is 5.91 Å². The quantitative estimate of drug-likeness (QED) is 0.228. The Labute approximate surface area is 212 Å². The Morgan fingerprint density at radius 1 is 1.14 bits per heavy atom. The van der Waals surface area contributed by atoms with Crippen molar-refractivity contribution in [2.75, 3.05) is 11.9 Å². The lowest BCUT2D eigenvalue weighted by molar-refractivity contribution is -0.112. The molecule has 0 saturated heterocycles. The summed E-state index contributed by atoms with van der Waals surface area (Å²) in [6.07, 6.45) is 1.44. The third-order valence-corrected chi connectivity index (χ3v) is 6.35. The van der Waals surface area contributed by atoms with E-state index in [1.54, 1.807) is 56.3 Å². The number of benzene rings is 2. The Morgan fingerprint density at radius 3 is 2.50 bits per heavy atom. The molecule has 0 aliphatic rings. The van der Waals surface area contributed by atoms with Crippen molar-refractivity contribution in [3.63, 3.8) is 0 Å². The molecule has 1 heterocycles. The maximum atomic E-state index is 12.8. The summed E-state index contributed by atoms with van der Waals surface area (Å²) >= 11 is 1.25. The second kappa shape index (κ2) is 11.8. The maximum absolute atomic E-state index is 12.8. The number of amides is 1. The van der Waals surface area contributed by atoms with E-state index in [0.29, 0.717) is 27.4 Å². The standard InChI is InChI=1S/C27H24N2O6S/c1-4-34-27(33)23-16(2)17(3)36-25(23)29-24(30)21(14-28)12-18-8-10-22(11-9-18)35-15-19-6-5-7-20(13-19)26(31)32/h5-13H,4,15H2,1-3H3,(H,29,30)(H,31,32)/b21-12+. The van der Waals surface area contributed by atoms with Gasteiger partial charge >= 0.3 is 11.9 Å². The Bertz CT molecular complexity index is 1370. The van der Waals surface area contributed by atoms with E-state index < -0.39 is 17.8 Å². The van der Waals surface area contributed by atoms with Gasteiger partial charge in [0, 0.05) is 4.88 Å². The topological polar surface area (TPSA) is 126 Å². The molecular formula is C27H24N2O6S. The van der Waals surface area contributed by atoms with Crippen LogP contribution in [-0.4, -0.2) is 29.6 Å². The van der Waals surface area contributed by atoms with Crippen molar-refractivity contribution < 1.29 is 29.0 Å². The number of anilines is 1. The maximum Gasteiger partial charge on any atom is 0.341 e. The Morgan fingerprint density at radius 2 is 1.86 bits per heavy atom. The highest BCUT2D eigenvalue weighted by Gasteiger charge is 2.23. The fraction of sp³-hybridized carbons (Fsp3) is 0.185. The van der Waals surface area contributed by atoms with Crippen molar-refractivity contribution in [1.29, 1.82) is 5.26 Å². The monoisotopic (exact) mass is 504 g/mol. The zero-order valence-electron chi connectivity index (χ0n) is 20.0. The molecular weight excluding hydrogens is 480 g/mol. The molecule has 0 spiro atoms. The molecule has 0 bridgehead atoms. The van der Waals surface area contributed by atoms with Gasteiger partial charge in [-0.05, 0) is 67.8 Å². The number of thiophene rings is 1. The van der Waals surface area contributed by atoms with Gasteiger partial charge in [-0.3, -0.25) is 4.79 Å². The van der Waals surface area contributed by atoms with E-state index in [1.165, 1.54) is 23.5 Å². The molecule has 0 aliphatic heterocycles. The molecule has 9 heteroatoms. The number of hydrogen-bond donors (Lipinski definition) is 2. The molecule has 2 N–H and O–H groups in total. The Hall–Kier alpha value is -4.42. The lowest BCUT2D eigenvalue weighted by Crippen LogP contribution is -2.16. The molecule has 0 radical (unpaired) electrons. The summed E-state index contributed by atoms with van der Waals surface area (Å²) < 4.78 is 10.8. The lowest BCUT2D eigenvalue weighted by Gasteiger charge is -2.08. The number of hydrogen-bond acceptors (Lipinski definition) is 7. The first-order valence-electron chi connectivity index (χ1n) is 11.0. The van der Waals surface area contributed by atoms with Gasteiger partial charge < -0.3 is 19.9 Å². The van der Waals surface area contributed by atoms with Crippen molar-refractivity contribution in [2.45, 2.75) is 27.4 Å². The van der Waals surface area contributed by atoms with Crippen LogP contribution in [0, 0.1) is 25.2 Å². The fourth-order valence-electron chi connectivity index (χ4n) is 3.27. The summed E-state index contributed by atoms with van der Waals surface area (Å²) in [7, 11) is 0.